The van der Waals surface area contributed by atoms with E-state index in [0.29, 0.717) is 6.54 Å². The molecule has 0 heterocycles. The maximum absolute atomic E-state index is 5.78. The largest absolute Gasteiger partial charge is 0.497 e. The summed E-state index contributed by atoms with van der Waals surface area (Å²) in [5.74, 6) is 0.866. The monoisotopic (exact) mass is 222 g/mol. The molecule has 0 aromatic heterocycles. The van der Waals surface area contributed by atoms with Gasteiger partial charge in [0.25, 0.3) is 0 Å². The molecule has 1 unspecified atom stereocenters. The van der Waals surface area contributed by atoms with Gasteiger partial charge in [0.15, 0.2) is 0 Å². The summed E-state index contributed by atoms with van der Waals surface area (Å²) in [4.78, 5) is 0. The molecule has 1 rings (SSSR count). The van der Waals surface area contributed by atoms with Crippen LogP contribution in [-0.4, -0.2) is 19.7 Å². The standard InChI is InChI=1S/C13H22N2O/c1-13(2,3)12(9-14)15-10-5-7-11(16-4)8-6-10/h5-8,12,15H,9,14H2,1-4H3. The molecule has 3 N–H and O–H groups in total. The first-order chi connectivity index (χ1) is 7.47. The van der Waals surface area contributed by atoms with Gasteiger partial charge in [-0.2, -0.15) is 0 Å². The van der Waals surface area contributed by atoms with E-state index in [1.165, 1.54) is 0 Å². The van der Waals surface area contributed by atoms with Gasteiger partial charge in [0, 0.05) is 18.3 Å². The smallest absolute Gasteiger partial charge is 0.119 e. The van der Waals surface area contributed by atoms with E-state index in [4.69, 9.17) is 10.5 Å². The molecule has 16 heavy (non-hydrogen) atoms. The molecule has 0 amide bonds. The van der Waals surface area contributed by atoms with Crippen LogP contribution < -0.4 is 15.8 Å². The number of benzene rings is 1. The van der Waals surface area contributed by atoms with Crippen LogP contribution in [0.4, 0.5) is 5.69 Å². The number of rotatable bonds is 4. The normalized spacial score (nSPS) is 13.3. The van der Waals surface area contributed by atoms with Crippen molar-refractivity contribution in [3.8, 4) is 5.75 Å². The highest BCUT2D eigenvalue weighted by molar-refractivity contribution is 5.47. The molecule has 3 nitrogen and oxygen atoms in total. The number of anilines is 1. The molecule has 1 aromatic carbocycles. The topological polar surface area (TPSA) is 47.3 Å². The van der Waals surface area contributed by atoms with Crippen molar-refractivity contribution in [1.82, 2.24) is 0 Å². The molecule has 1 atom stereocenters. The third kappa shape index (κ3) is 3.42. The summed E-state index contributed by atoms with van der Waals surface area (Å²) < 4.78 is 5.12. The van der Waals surface area contributed by atoms with Gasteiger partial charge in [-0.25, -0.2) is 0 Å². The third-order valence-corrected chi connectivity index (χ3v) is 2.71. The van der Waals surface area contributed by atoms with Gasteiger partial charge in [0.1, 0.15) is 5.75 Å². The zero-order valence-electron chi connectivity index (χ0n) is 10.6. The number of methoxy groups -OCH3 is 1. The van der Waals surface area contributed by atoms with Gasteiger partial charge in [0.2, 0.25) is 0 Å². The molecule has 0 spiro atoms. The first kappa shape index (κ1) is 12.8. The van der Waals surface area contributed by atoms with Gasteiger partial charge in [-0.1, -0.05) is 20.8 Å². The van der Waals surface area contributed by atoms with E-state index in [9.17, 15) is 0 Å². The summed E-state index contributed by atoms with van der Waals surface area (Å²) in [5, 5.41) is 3.44. The van der Waals surface area contributed by atoms with E-state index < -0.39 is 0 Å². The van der Waals surface area contributed by atoms with Crippen LogP contribution in [0, 0.1) is 5.41 Å². The third-order valence-electron chi connectivity index (χ3n) is 2.71. The van der Waals surface area contributed by atoms with Crippen molar-refractivity contribution in [2.75, 3.05) is 19.0 Å². The van der Waals surface area contributed by atoms with Gasteiger partial charge < -0.3 is 15.8 Å². The van der Waals surface area contributed by atoms with Crippen molar-refractivity contribution in [2.24, 2.45) is 11.1 Å². The Labute approximate surface area is 98.0 Å². The second kappa shape index (κ2) is 5.21. The van der Waals surface area contributed by atoms with E-state index >= 15 is 0 Å². The molecule has 0 fully saturated rings. The van der Waals surface area contributed by atoms with Crippen molar-refractivity contribution in [1.29, 1.82) is 0 Å². The van der Waals surface area contributed by atoms with Crippen LogP contribution in [0.25, 0.3) is 0 Å². The highest BCUT2D eigenvalue weighted by atomic mass is 16.5. The lowest BCUT2D eigenvalue weighted by atomic mass is 9.86. The second-order valence-corrected chi connectivity index (χ2v) is 5.03. The Kier molecular flexibility index (Phi) is 4.19. The second-order valence-electron chi connectivity index (χ2n) is 5.03. The summed E-state index contributed by atoms with van der Waals surface area (Å²) in [6, 6.07) is 8.17. The highest BCUT2D eigenvalue weighted by Gasteiger charge is 2.22. The summed E-state index contributed by atoms with van der Waals surface area (Å²) in [7, 11) is 1.67. The van der Waals surface area contributed by atoms with Crippen molar-refractivity contribution in [3.63, 3.8) is 0 Å². The fourth-order valence-electron chi connectivity index (χ4n) is 1.52. The van der Waals surface area contributed by atoms with Gasteiger partial charge in [-0.05, 0) is 29.7 Å². The van der Waals surface area contributed by atoms with Gasteiger partial charge in [-0.15, -0.1) is 0 Å². The van der Waals surface area contributed by atoms with E-state index in [1.807, 2.05) is 24.3 Å². The van der Waals surface area contributed by atoms with Crippen LogP contribution in [0.2, 0.25) is 0 Å². The highest BCUT2D eigenvalue weighted by Crippen LogP contribution is 2.23. The molecule has 0 aliphatic rings. The zero-order valence-corrected chi connectivity index (χ0v) is 10.6. The molecule has 0 saturated heterocycles. The molecular weight excluding hydrogens is 200 g/mol. The first-order valence-electron chi connectivity index (χ1n) is 5.58. The number of nitrogens with one attached hydrogen (secondary N) is 1. The SMILES string of the molecule is COc1ccc(NC(CN)C(C)(C)C)cc1. The van der Waals surface area contributed by atoms with Crippen molar-refractivity contribution < 1.29 is 4.74 Å². The molecule has 1 aromatic rings. The maximum atomic E-state index is 5.78. The molecular formula is C13H22N2O. The fraction of sp³-hybridized carbons (Fsp3) is 0.538. The number of hydrogen-bond acceptors (Lipinski definition) is 3. The van der Waals surface area contributed by atoms with Crippen molar-refractivity contribution in [2.45, 2.75) is 26.8 Å². The maximum Gasteiger partial charge on any atom is 0.119 e. The molecule has 0 radical (unpaired) electrons. The van der Waals surface area contributed by atoms with Crippen LogP contribution in [0.1, 0.15) is 20.8 Å². The lowest BCUT2D eigenvalue weighted by Crippen LogP contribution is -2.40. The van der Waals surface area contributed by atoms with Gasteiger partial charge in [-0.3, -0.25) is 0 Å². The lowest BCUT2D eigenvalue weighted by molar-refractivity contribution is 0.346. The van der Waals surface area contributed by atoms with Crippen molar-refractivity contribution in [3.05, 3.63) is 24.3 Å². The molecule has 3 heteroatoms. The van der Waals surface area contributed by atoms with Crippen LogP contribution in [0.5, 0.6) is 5.75 Å². The number of nitrogens with two attached hydrogens (primary N) is 1. The summed E-state index contributed by atoms with van der Waals surface area (Å²) >= 11 is 0. The minimum absolute atomic E-state index is 0.147. The van der Waals surface area contributed by atoms with Gasteiger partial charge in [0.05, 0.1) is 7.11 Å². The van der Waals surface area contributed by atoms with Gasteiger partial charge >= 0.3 is 0 Å². The summed E-state index contributed by atoms with van der Waals surface area (Å²) in [6.07, 6.45) is 0. The molecule has 0 saturated carbocycles. The summed E-state index contributed by atoms with van der Waals surface area (Å²) in [5.41, 5.74) is 7.00. The fourth-order valence-corrected chi connectivity index (χ4v) is 1.52. The van der Waals surface area contributed by atoms with E-state index in [1.54, 1.807) is 7.11 Å². The van der Waals surface area contributed by atoms with Crippen LogP contribution in [-0.2, 0) is 0 Å². The lowest BCUT2D eigenvalue weighted by Gasteiger charge is -2.31. The number of ether oxygens (including phenoxy) is 1. The molecule has 0 aliphatic heterocycles. The molecule has 0 aliphatic carbocycles. The number of hydrogen-bond donors (Lipinski definition) is 2. The Morgan fingerprint density at radius 1 is 1.25 bits per heavy atom. The van der Waals surface area contributed by atoms with Crippen LogP contribution in [0.3, 0.4) is 0 Å². The zero-order chi connectivity index (χ0) is 12.2. The minimum atomic E-state index is 0.147. The Morgan fingerprint density at radius 2 is 1.81 bits per heavy atom. The molecule has 90 valence electrons. The predicted molar refractivity (Wildman–Crippen MR) is 68.9 cm³/mol. The van der Waals surface area contributed by atoms with Crippen LogP contribution >= 0.6 is 0 Å². The first-order valence-corrected chi connectivity index (χ1v) is 5.58. The van der Waals surface area contributed by atoms with E-state index in [0.717, 1.165) is 11.4 Å². The average Bonchev–Trinajstić information content (AvgIpc) is 2.25. The predicted octanol–water partition coefficient (Wildman–Crippen LogP) is 2.48. The van der Waals surface area contributed by atoms with E-state index in [2.05, 4.69) is 26.1 Å². The Balaban J connectivity index is 2.71. The summed E-state index contributed by atoms with van der Waals surface area (Å²) in [6.45, 7) is 7.17. The Morgan fingerprint density at radius 3 is 2.19 bits per heavy atom. The quantitative estimate of drug-likeness (QED) is 0.822. The Bertz CT molecular complexity index is 314. The minimum Gasteiger partial charge on any atom is -0.497 e. The van der Waals surface area contributed by atoms with Crippen LogP contribution in [0.15, 0.2) is 24.3 Å². The van der Waals surface area contributed by atoms with Crippen molar-refractivity contribution >= 4 is 5.69 Å². The molecule has 0 bridgehead atoms. The average molecular weight is 222 g/mol. The Hall–Kier alpha value is -1.22. The van der Waals surface area contributed by atoms with E-state index in [-0.39, 0.29) is 11.5 Å².